The van der Waals surface area contributed by atoms with Crippen LogP contribution in [0.4, 0.5) is 5.82 Å². The van der Waals surface area contributed by atoms with E-state index in [0.717, 1.165) is 38.4 Å². The molecule has 0 aromatic carbocycles. The zero-order chi connectivity index (χ0) is 24.8. The summed E-state index contributed by atoms with van der Waals surface area (Å²) in [6, 6.07) is 11.3. The van der Waals surface area contributed by atoms with Crippen molar-refractivity contribution in [3.8, 4) is 0 Å². The van der Waals surface area contributed by atoms with E-state index in [1.807, 2.05) is 35.4 Å². The minimum Gasteiger partial charge on any atom is -0.353 e. The van der Waals surface area contributed by atoms with Crippen molar-refractivity contribution < 1.29 is 9.59 Å². The van der Waals surface area contributed by atoms with Crippen molar-refractivity contribution in [1.82, 2.24) is 20.2 Å². The summed E-state index contributed by atoms with van der Waals surface area (Å²) < 4.78 is 0. The molecule has 3 unspecified atom stereocenters. The van der Waals surface area contributed by atoms with Crippen molar-refractivity contribution >= 4 is 17.6 Å². The van der Waals surface area contributed by atoms with Crippen LogP contribution in [-0.2, 0) is 4.79 Å². The summed E-state index contributed by atoms with van der Waals surface area (Å²) in [6.07, 6.45) is 7.28. The maximum absolute atomic E-state index is 13.2. The largest absolute Gasteiger partial charge is 0.353 e. The molecule has 3 heterocycles. The number of pyridine rings is 2. The maximum atomic E-state index is 13.2. The van der Waals surface area contributed by atoms with Gasteiger partial charge in [0.1, 0.15) is 11.5 Å². The molecule has 0 bridgehead atoms. The second-order valence-corrected chi connectivity index (χ2v) is 10.1. The first-order chi connectivity index (χ1) is 16.9. The Balaban J connectivity index is 1.33. The van der Waals surface area contributed by atoms with Crippen LogP contribution in [0.25, 0.3) is 0 Å². The molecule has 1 aliphatic heterocycles. The second kappa shape index (κ2) is 11.5. The van der Waals surface area contributed by atoms with Crippen LogP contribution in [0.15, 0.2) is 60.4 Å². The highest BCUT2D eigenvalue weighted by atomic mass is 16.2. The fraction of sp³-hybridized carbons (Fsp3) is 0.500. The van der Waals surface area contributed by atoms with Crippen LogP contribution in [0.2, 0.25) is 0 Å². The number of rotatable bonds is 7. The van der Waals surface area contributed by atoms with Gasteiger partial charge in [0.15, 0.2) is 0 Å². The highest BCUT2D eigenvalue weighted by Gasteiger charge is 2.34. The number of amides is 2. The van der Waals surface area contributed by atoms with Gasteiger partial charge in [0.25, 0.3) is 5.91 Å². The van der Waals surface area contributed by atoms with Gasteiger partial charge in [-0.15, -0.1) is 0 Å². The van der Waals surface area contributed by atoms with Crippen molar-refractivity contribution in [2.24, 2.45) is 23.7 Å². The van der Waals surface area contributed by atoms with E-state index in [4.69, 9.17) is 0 Å². The Morgan fingerprint density at radius 3 is 2.37 bits per heavy atom. The molecule has 4 rings (SSSR count). The van der Waals surface area contributed by atoms with Crippen LogP contribution in [0.5, 0.6) is 0 Å². The molecule has 7 heteroatoms. The van der Waals surface area contributed by atoms with E-state index >= 15 is 0 Å². The van der Waals surface area contributed by atoms with Crippen molar-refractivity contribution in [3.05, 3.63) is 66.1 Å². The predicted molar refractivity (Wildman–Crippen MR) is 138 cm³/mol. The number of nitrogens with one attached hydrogen (secondary N) is 1. The van der Waals surface area contributed by atoms with Gasteiger partial charge in [-0.05, 0) is 61.3 Å². The fourth-order valence-electron chi connectivity index (χ4n) is 5.37. The third kappa shape index (κ3) is 6.27. The van der Waals surface area contributed by atoms with Crippen LogP contribution in [0.3, 0.4) is 0 Å². The molecule has 1 fully saturated rings. The molecule has 2 aromatic rings. The van der Waals surface area contributed by atoms with Gasteiger partial charge in [0, 0.05) is 51.5 Å². The molecular weight excluding hydrogens is 438 g/mol. The number of aromatic nitrogens is 2. The van der Waals surface area contributed by atoms with Gasteiger partial charge >= 0.3 is 0 Å². The molecule has 35 heavy (non-hydrogen) atoms. The molecule has 2 amide bonds. The number of nitrogens with zero attached hydrogens (tertiary/aromatic N) is 4. The Morgan fingerprint density at radius 1 is 1.03 bits per heavy atom. The Bertz CT molecular complexity index is 1020. The normalized spacial score (nSPS) is 22.6. The highest BCUT2D eigenvalue weighted by Crippen LogP contribution is 2.39. The first kappa shape index (κ1) is 24.9. The van der Waals surface area contributed by atoms with Gasteiger partial charge in [0.2, 0.25) is 5.91 Å². The van der Waals surface area contributed by atoms with E-state index in [0.29, 0.717) is 30.5 Å². The van der Waals surface area contributed by atoms with E-state index in [1.54, 1.807) is 18.3 Å². The van der Waals surface area contributed by atoms with E-state index in [2.05, 4.69) is 47.0 Å². The monoisotopic (exact) mass is 475 g/mol. The standard InChI is InChI=1S/C28H37N5O2/c1-20(2)24-17-22(21(3)16-23(24)19-31-28(35)25-8-4-6-10-29-25)18-27(34)33-14-12-32(13-15-33)26-9-5-7-11-30-26/h4-11,16,20,22-24H,12-15,17-19H2,1-3H3,(H,31,35). The summed E-state index contributed by atoms with van der Waals surface area (Å²) in [7, 11) is 0. The summed E-state index contributed by atoms with van der Waals surface area (Å²) in [6.45, 7) is 10.3. The van der Waals surface area contributed by atoms with E-state index in [-0.39, 0.29) is 23.7 Å². The summed E-state index contributed by atoms with van der Waals surface area (Å²) in [5.41, 5.74) is 1.70. The third-order valence-corrected chi connectivity index (χ3v) is 7.51. The predicted octanol–water partition coefficient (Wildman–Crippen LogP) is 3.80. The molecule has 0 radical (unpaired) electrons. The lowest BCUT2D eigenvalue weighted by Crippen LogP contribution is -2.49. The Labute approximate surface area is 208 Å². The second-order valence-electron chi connectivity index (χ2n) is 10.1. The lowest BCUT2D eigenvalue weighted by molar-refractivity contribution is -0.132. The molecule has 0 spiro atoms. The van der Waals surface area contributed by atoms with Gasteiger partial charge in [-0.1, -0.05) is 37.6 Å². The number of piperazine rings is 1. The zero-order valence-corrected chi connectivity index (χ0v) is 21.1. The van der Waals surface area contributed by atoms with Crippen molar-refractivity contribution in [3.63, 3.8) is 0 Å². The lowest BCUT2D eigenvalue weighted by atomic mass is 9.69. The van der Waals surface area contributed by atoms with Crippen LogP contribution in [-0.4, -0.2) is 59.4 Å². The zero-order valence-electron chi connectivity index (χ0n) is 21.1. The number of hydrogen-bond acceptors (Lipinski definition) is 5. The summed E-state index contributed by atoms with van der Waals surface area (Å²) in [4.78, 5) is 38.5. The molecule has 1 saturated heterocycles. The van der Waals surface area contributed by atoms with Crippen molar-refractivity contribution in [1.29, 1.82) is 0 Å². The van der Waals surface area contributed by atoms with Gasteiger partial charge in [-0.3, -0.25) is 14.6 Å². The Morgan fingerprint density at radius 2 is 1.74 bits per heavy atom. The van der Waals surface area contributed by atoms with Crippen molar-refractivity contribution in [2.75, 3.05) is 37.6 Å². The number of anilines is 1. The van der Waals surface area contributed by atoms with E-state index < -0.39 is 0 Å². The van der Waals surface area contributed by atoms with Gasteiger partial charge < -0.3 is 15.1 Å². The van der Waals surface area contributed by atoms with Crippen LogP contribution < -0.4 is 10.2 Å². The van der Waals surface area contributed by atoms with Crippen LogP contribution in [0, 0.1) is 23.7 Å². The van der Waals surface area contributed by atoms with Gasteiger partial charge in [-0.25, -0.2) is 4.98 Å². The summed E-state index contributed by atoms with van der Waals surface area (Å²) >= 11 is 0. The first-order valence-corrected chi connectivity index (χ1v) is 12.7. The van der Waals surface area contributed by atoms with Gasteiger partial charge in [0.05, 0.1) is 0 Å². The van der Waals surface area contributed by atoms with Crippen LogP contribution in [0.1, 0.15) is 44.1 Å². The maximum Gasteiger partial charge on any atom is 0.269 e. The molecule has 186 valence electrons. The quantitative estimate of drug-likeness (QED) is 0.617. The highest BCUT2D eigenvalue weighted by molar-refractivity contribution is 5.92. The minimum absolute atomic E-state index is 0.138. The lowest BCUT2D eigenvalue weighted by Gasteiger charge is -2.39. The SMILES string of the molecule is CC1=CC(CNC(=O)c2ccccn2)C(C(C)C)CC1CC(=O)N1CCN(c2ccccn2)CC1. The molecular formula is C28H37N5O2. The van der Waals surface area contributed by atoms with Crippen molar-refractivity contribution in [2.45, 2.75) is 33.6 Å². The van der Waals surface area contributed by atoms with E-state index in [1.165, 1.54) is 5.57 Å². The smallest absolute Gasteiger partial charge is 0.269 e. The average Bonchev–Trinajstić information content (AvgIpc) is 2.89. The number of carbonyl (C=O) groups is 2. The Kier molecular flexibility index (Phi) is 8.16. The molecule has 1 aliphatic carbocycles. The fourth-order valence-corrected chi connectivity index (χ4v) is 5.37. The number of allylic oxidation sites excluding steroid dienone is 1. The summed E-state index contributed by atoms with van der Waals surface area (Å²) in [5.74, 6) is 2.49. The molecule has 1 N–H and O–H groups in total. The van der Waals surface area contributed by atoms with Gasteiger partial charge in [-0.2, -0.15) is 0 Å². The first-order valence-electron chi connectivity index (χ1n) is 12.7. The van der Waals surface area contributed by atoms with E-state index in [9.17, 15) is 9.59 Å². The molecule has 2 aromatic heterocycles. The number of carbonyl (C=O) groups excluding carboxylic acids is 2. The Hall–Kier alpha value is -3.22. The third-order valence-electron chi connectivity index (χ3n) is 7.51. The molecule has 0 saturated carbocycles. The summed E-state index contributed by atoms with van der Waals surface area (Å²) in [5, 5.41) is 3.07. The van der Waals surface area contributed by atoms with Crippen LogP contribution >= 0.6 is 0 Å². The number of hydrogen-bond donors (Lipinski definition) is 1. The topological polar surface area (TPSA) is 78.4 Å². The minimum atomic E-state index is -0.138. The molecule has 2 aliphatic rings. The molecule has 3 atom stereocenters. The molecule has 7 nitrogen and oxygen atoms in total. The average molecular weight is 476 g/mol.